The quantitative estimate of drug-likeness (QED) is 0.506. The Morgan fingerprint density at radius 3 is 2.50 bits per heavy atom. The van der Waals surface area contributed by atoms with Crippen molar-refractivity contribution in [2.75, 3.05) is 13.2 Å². The van der Waals surface area contributed by atoms with Crippen molar-refractivity contribution in [3.63, 3.8) is 0 Å². The van der Waals surface area contributed by atoms with Crippen molar-refractivity contribution >= 4 is 22.9 Å². The summed E-state index contributed by atoms with van der Waals surface area (Å²) in [6, 6.07) is 3.95. The number of nitrogens with zero attached hydrogens (tertiary/aromatic N) is 1. The van der Waals surface area contributed by atoms with Crippen LogP contribution in [0.25, 0.3) is 0 Å². The summed E-state index contributed by atoms with van der Waals surface area (Å²) >= 11 is 2.09. The number of rotatable bonds is 5. The van der Waals surface area contributed by atoms with Crippen LogP contribution in [0.1, 0.15) is 34.2 Å². The summed E-state index contributed by atoms with van der Waals surface area (Å²) in [5, 5.41) is 0. The average Bonchev–Trinajstić information content (AvgIpc) is 2.31. The van der Waals surface area contributed by atoms with Gasteiger partial charge in [0.15, 0.2) is 0 Å². The van der Waals surface area contributed by atoms with E-state index in [1.807, 2.05) is 18.3 Å². The maximum absolute atomic E-state index is 5.37. The molecule has 0 amide bonds. The molecule has 3 nitrogen and oxygen atoms in total. The Morgan fingerprint density at radius 1 is 1.38 bits per heavy atom. The molecule has 16 heavy (non-hydrogen) atoms. The molecule has 0 aliphatic heterocycles. The predicted molar refractivity (Wildman–Crippen MR) is 79.2 cm³/mol. The maximum atomic E-state index is 5.37. The van der Waals surface area contributed by atoms with Crippen molar-refractivity contribution in [2.45, 2.75) is 33.6 Å². The lowest BCUT2D eigenvalue weighted by molar-refractivity contribution is 0.313. The zero-order valence-corrected chi connectivity index (χ0v) is 12.5. The van der Waals surface area contributed by atoms with Crippen LogP contribution in [0, 0.1) is 0 Å². The molecular formula is C12H23IN2O. The molecule has 0 radical (unpaired) electrons. The van der Waals surface area contributed by atoms with E-state index in [4.69, 9.17) is 4.74 Å². The first-order valence-electron chi connectivity index (χ1n) is 5.69. The van der Waals surface area contributed by atoms with E-state index < -0.39 is 0 Å². The van der Waals surface area contributed by atoms with Crippen molar-refractivity contribution in [1.82, 2.24) is 8.51 Å². The molecule has 0 saturated heterocycles. The Balaban J connectivity index is 0. The zero-order valence-electron chi connectivity index (χ0n) is 10.3. The number of hydrogen-bond acceptors (Lipinski definition) is 3. The molecule has 4 heteroatoms. The lowest BCUT2D eigenvalue weighted by Crippen LogP contribution is -2.11. The highest BCUT2D eigenvalue weighted by atomic mass is 127. The third-order valence-corrected chi connectivity index (χ3v) is 2.19. The molecule has 0 fully saturated rings. The van der Waals surface area contributed by atoms with E-state index in [1.54, 1.807) is 0 Å². The summed E-state index contributed by atoms with van der Waals surface area (Å²) in [6.45, 7) is 7.84. The topological polar surface area (TPSA) is 34.1 Å². The van der Waals surface area contributed by atoms with Crippen molar-refractivity contribution in [3.8, 4) is 5.88 Å². The second-order valence-electron chi connectivity index (χ2n) is 3.30. The molecule has 0 aromatic carbocycles. The number of ether oxygens (including phenoxy) is 1. The van der Waals surface area contributed by atoms with Gasteiger partial charge in [-0.2, -0.15) is 0 Å². The van der Waals surface area contributed by atoms with Gasteiger partial charge in [-0.1, -0.05) is 33.3 Å². The standard InChI is InChI=1S/C9H13IN2O.C3H8.H2/c1-2-8-3-4-9(11-7-8)13-6-5-12-10;1-3-2;/h3-4,7,12H,2,5-6H2,1H3;3H2,1-2H3;1H. The molecular weight excluding hydrogens is 315 g/mol. The van der Waals surface area contributed by atoms with Gasteiger partial charge in [0, 0.05) is 43.1 Å². The average molecular weight is 338 g/mol. The molecule has 1 N–H and O–H groups in total. The van der Waals surface area contributed by atoms with Crippen LogP contribution in [0.4, 0.5) is 0 Å². The van der Waals surface area contributed by atoms with Gasteiger partial charge >= 0.3 is 0 Å². The predicted octanol–water partition coefficient (Wildman–Crippen LogP) is 3.62. The van der Waals surface area contributed by atoms with Gasteiger partial charge in [-0.05, 0) is 12.0 Å². The number of aromatic nitrogens is 1. The first kappa shape index (κ1) is 15.6. The van der Waals surface area contributed by atoms with Crippen LogP contribution in [-0.2, 0) is 6.42 Å². The Bertz CT molecular complexity index is 257. The highest BCUT2D eigenvalue weighted by Crippen LogP contribution is 2.07. The number of hydrogen-bond donors (Lipinski definition) is 1. The van der Waals surface area contributed by atoms with Crippen molar-refractivity contribution in [1.29, 1.82) is 0 Å². The van der Waals surface area contributed by atoms with Gasteiger partial charge in [0.05, 0.1) is 0 Å². The Labute approximate surface area is 114 Å². The minimum Gasteiger partial charge on any atom is -0.476 e. The third-order valence-electron chi connectivity index (χ3n) is 1.65. The van der Waals surface area contributed by atoms with Crippen molar-refractivity contribution in [2.24, 2.45) is 0 Å². The smallest absolute Gasteiger partial charge is 0.213 e. The van der Waals surface area contributed by atoms with E-state index in [-0.39, 0.29) is 1.43 Å². The monoisotopic (exact) mass is 338 g/mol. The highest BCUT2D eigenvalue weighted by molar-refractivity contribution is 14.1. The summed E-state index contributed by atoms with van der Waals surface area (Å²) < 4.78 is 8.35. The Morgan fingerprint density at radius 2 is 2.06 bits per heavy atom. The minimum atomic E-state index is 0. The summed E-state index contributed by atoms with van der Waals surface area (Å²) in [5.41, 5.74) is 1.24. The fourth-order valence-corrected chi connectivity index (χ4v) is 1.12. The number of nitrogens with one attached hydrogen (secondary N) is 1. The van der Waals surface area contributed by atoms with Crippen LogP contribution in [-0.4, -0.2) is 18.1 Å². The van der Waals surface area contributed by atoms with E-state index in [2.05, 4.69) is 52.1 Å². The molecule has 0 spiro atoms. The molecule has 94 valence electrons. The lowest BCUT2D eigenvalue weighted by atomic mass is 10.2. The molecule has 0 saturated carbocycles. The van der Waals surface area contributed by atoms with Crippen LogP contribution >= 0.6 is 22.9 Å². The maximum Gasteiger partial charge on any atom is 0.213 e. The normalized spacial score (nSPS) is 9.25. The highest BCUT2D eigenvalue weighted by Gasteiger charge is 1.94. The van der Waals surface area contributed by atoms with Gasteiger partial charge in [0.2, 0.25) is 5.88 Å². The van der Waals surface area contributed by atoms with Gasteiger partial charge in [-0.3, -0.25) is 3.53 Å². The van der Waals surface area contributed by atoms with Crippen LogP contribution in [0.5, 0.6) is 5.88 Å². The molecule has 1 aromatic heterocycles. The largest absolute Gasteiger partial charge is 0.476 e. The molecule has 0 bridgehead atoms. The molecule has 1 heterocycles. The fourth-order valence-electron chi connectivity index (χ4n) is 0.900. The summed E-state index contributed by atoms with van der Waals surface area (Å²) in [4.78, 5) is 4.17. The van der Waals surface area contributed by atoms with Gasteiger partial charge in [-0.25, -0.2) is 4.98 Å². The Kier molecular flexibility index (Phi) is 10.9. The summed E-state index contributed by atoms with van der Waals surface area (Å²) in [5.74, 6) is 0.698. The second-order valence-corrected chi connectivity index (χ2v) is 4.06. The fraction of sp³-hybridized carbons (Fsp3) is 0.583. The summed E-state index contributed by atoms with van der Waals surface area (Å²) in [6.07, 6.45) is 4.12. The summed E-state index contributed by atoms with van der Waals surface area (Å²) in [7, 11) is 0. The minimum absolute atomic E-state index is 0. The van der Waals surface area contributed by atoms with Crippen molar-refractivity contribution in [3.05, 3.63) is 23.9 Å². The van der Waals surface area contributed by atoms with Crippen LogP contribution in [0.3, 0.4) is 0 Å². The van der Waals surface area contributed by atoms with E-state index >= 15 is 0 Å². The molecule has 0 atom stereocenters. The van der Waals surface area contributed by atoms with Crippen LogP contribution in [0.2, 0.25) is 0 Å². The van der Waals surface area contributed by atoms with Crippen molar-refractivity contribution < 1.29 is 6.16 Å². The number of pyridine rings is 1. The van der Waals surface area contributed by atoms with E-state index in [0.29, 0.717) is 12.5 Å². The lowest BCUT2D eigenvalue weighted by Gasteiger charge is -2.04. The van der Waals surface area contributed by atoms with Gasteiger partial charge < -0.3 is 4.74 Å². The van der Waals surface area contributed by atoms with Gasteiger partial charge in [0.25, 0.3) is 0 Å². The molecule has 1 aromatic rings. The van der Waals surface area contributed by atoms with Gasteiger partial charge in [-0.15, -0.1) is 0 Å². The molecule has 1 rings (SSSR count). The Hall–Kier alpha value is -0.360. The third kappa shape index (κ3) is 7.87. The first-order valence-corrected chi connectivity index (χ1v) is 6.77. The zero-order chi connectivity index (χ0) is 12.2. The van der Waals surface area contributed by atoms with Gasteiger partial charge in [0.1, 0.15) is 6.61 Å². The van der Waals surface area contributed by atoms with Crippen LogP contribution < -0.4 is 8.27 Å². The van der Waals surface area contributed by atoms with Crippen LogP contribution in [0.15, 0.2) is 18.3 Å². The number of halogens is 1. The second kappa shape index (κ2) is 11.1. The molecule has 0 unspecified atom stereocenters. The molecule has 0 aliphatic rings. The van der Waals surface area contributed by atoms with E-state index in [0.717, 1.165) is 13.0 Å². The van der Waals surface area contributed by atoms with E-state index in [1.165, 1.54) is 12.0 Å². The number of aryl methyl sites for hydroxylation is 1. The van der Waals surface area contributed by atoms with E-state index in [9.17, 15) is 0 Å². The SMILES string of the molecule is CCC.CCc1ccc(OCCNI)nc1.[HH]. The first-order chi connectivity index (χ1) is 7.78. The molecule has 0 aliphatic carbocycles.